The predicted molar refractivity (Wildman–Crippen MR) is 84.7 cm³/mol. The van der Waals surface area contributed by atoms with Crippen molar-refractivity contribution in [1.82, 2.24) is 0 Å². The van der Waals surface area contributed by atoms with Crippen LogP contribution in [0.15, 0.2) is 0 Å². The first-order chi connectivity index (χ1) is 10.8. The maximum atomic E-state index is 11.5. The summed E-state index contributed by atoms with van der Waals surface area (Å²) in [6.07, 6.45) is 1.79. The van der Waals surface area contributed by atoms with Crippen LogP contribution in [0.25, 0.3) is 0 Å². The van der Waals surface area contributed by atoms with Gasteiger partial charge in [0.1, 0.15) is 24.8 Å². The summed E-state index contributed by atoms with van der Waals surface area (Å²) in [5.74, 6) is -1.37. The predicted octanol–water partition coefficient (Wildman–Crippen LogP) is 2.47. The van der Waals surface area contributed by atoms with Crippen LogP contribution in [0.4, 0.5) is 0 Å². The van der Waals surface area contributed by atoms with Gasteiger partial charge in [0.2, 0.25) is 0 Å². The van der Waals surface area contributed by atoms with Crippen molar-refractivity contribution in [2.75, 3.05) is 13.2 Å². The van der Waals surface area contributed by atoms with Gasteiger partial charge >= 0.3 is 11.9 Å². The summed E-state index contributed by atoms with van der Waals surface area (Å²) >= 11 is 0. The van der Waals surface area contributed by atoms with Crippen molar-refractivity contribution in [2.24, 2.45) is 11.8 Å². The summed E-state index contributed by atoms with van der Waals surface area (Å²) in [6, 6.07) is 0. The minimum absolute atomic E-state index is 0.000160. The molecule has 6 nitrogen and oxygen atoms in total. The van der Waals surface area contributed by atoms with Crippen molar-refractivity contribution >= 4 is 23.5 Å². The fraction of sp³-hybridized carbons (Fsp3) is 0.765. The summed E-state index contributed by atoms with van der Waals surface area (Å²) in [4.78, 5) is 45.5. The van der Waals surface area contributed by atoms with Crippen LogP contribution >= 0.6 is 0 Å². The molecule has 0 spiro atoms. The fourth-order valence-electron chi connectivity index (χ4n) is 1.95. The lowest BCUT2D eigenvalue weighted by Crippen LogP contribution is -2.20. The molecule has 0 radical (unpaired) electrons. The van der Waals surface area contributed by atoms with E-state index in [4.69, 9.17) is 9.47 Å². The monoisotopic (exact) mass is 328 g/mol. The molecular formula is C17H28O6. The van der Waals surface area contributed by atoms with Crippen LogP contribution in [0.1, 0.15) is 59.8 Å². The molecule has 0 aromatic rings. The molecule has 0 N–H and O–H groups in total. The van der Waals surface area contributed by atoms with Crippen LogP contribution in [-0.2, 0) is 28.7 Å². The van der Waals surface area contributed by atoms with Gasteiger partial charge < -0.3 is 9.47 Å². The molecule has 0 amide bonds. The molecule has 0 aromatic heterocycles. The van der Waals surface area contributed by atoms with Gasteiger partial charge in [-0.25, -0.2) is 0 Å². The standard InChI is InChI=1S/C17H28O6/c1-5-14(12(3)18)10-22-16(20)8-7-9-17(21)23-11-15(6-2)13(4)19/h14-15H,5-11H2,1-4H3. The van der Waals surface area contributed by atoms with E-state index in [1.807, 2.05) is 13.8 Å². The Bertz CT molecular complexity index is 377. The molecule has 0 rings (SSSR count). The van der Waals surface area contributed by atoms with Crippen LogP contribution in [0.5, 0.6) is 0 Å². The van der Waals surface area contributed by atoms with E-state index in [0.29, 0.717) is 19.3 Å². The highest BCUT2D eigenvalue weighted by molar-refractivity contribution is 5.79. The normalized spacial score (nSPS) is 13.0. The molecule has 0 heterocycles. The first-order valence-corrected chi connectivity index (χ1v) is 8.13. The van der Waals surface area contributed by atoms with Gasteiger partial charge in [-0.05, 0) is 33.1 Å². The van der Waals surface area contributed by atoms with Crippen molar-refractivity contribution in [3.63, 3.8) is 0 Å². The summed E-state index contributed by atoms with van der Waals surface area (Å²) in [5.41, 5.74) is 0. The number of carbonyl (C=O) groups is 4. The summed E-state index contributed by atoms with van der Waals surface area (Å²) < 4.78 is 10.1. The van der Waals surface area contributed by atoms with Gasteiger partial charge in [0.05, 0.1) is 11.8 Å². The van der Waals surface area contributed by atoms with E-state index in [0.717, 1.165) is 0 Å². The van der Waals surface area contributed by atoms with Gasteiger partial charge in [0, 0.05) is 12.8 Å². The van der Waals surface area contributed by atoms with E-state index in [9.17, 15) is 19.2 Å². The lowest BCUT2D eigenvalue weighted by Gasteiger charge is -2.12. The number of Topliss-reactive ketones (excluding diaryl/α,β-unsaturated/α-hetero) is 2. The molecule has 23 heavy (non-hydrogen) atoms. The first kappa shape index (κ1) is 21.3. The zero-order valence-electron chi connectivity index (χ0n) is 14.6. The molecule has 6 heteroatoms. The summed E-state index contributed by atoms with van der Waals surface area (Å²) in [6.45, 7) is 6.85. The number of ether oxygens (including phenoxy) is 2. The summed E-state index contributed by atoms with van der Waals surface area (Å²) in [7, 11) is 0. The quantitative estimate of drug-likeness (QED) is 0.512. The molecule has 0 aliphatic carbocycles. The second-order valence-corrected chi connectivity index (χ2v) is 5.65. The Balaban J connectivity index is 3.88. The Morgan fingerprint density at radius 1 is 0.739 bits per heavy atom. The lowest BCUT2D eigenvalue weighted by atomic mass is 10.0. The van der Waals surface area contributed by atoms with E-state index in [1.165, 1.54) is 13.8 Å². The topological polar surface area (TPSA) is 86.7 Å². The highest BCUT2D eigenvalue weighted by atomic mass is 16.5. The lowest BCUT2D eigenvalue weighted by molar-refractivity contribution is -0.147. The maximum absolute atomic E-state index is 11.5. The van der Waals surface area contributed by atoms with Crippen LogP contribution in [-0.4, -0.2) is 36.7 Å². The Morgan fingerprint density at radius 2 is 1.09 bits per heavy atom. The number of rotatable bonds is 12. The Hall–Kier alpha value is -1.72. The fourth-order valence-corrected chi connectivity index (χ4v) is 1.95. The Kier molecular flexibility index (Phi) is 10.9. The molecule has 0 saturated heterocycles. The van der Waals surface area contributed by atoms with Crippen molar-refractivity contribution in [2.45, 2.75) is 59.8 Å². The van der Waals surface area contributed by atoms with E-state index >= 15 is 0 Å². The largest absolute Gasteiger partial charge is 0.465 e. The minimum Gasteiger partial charge on any atom is -0.465 e. The zero-order valence-corrected chi connectivity index (χ0v) is 14.6. The van der Waals surface area contributed by atoms with Crippen LogP contribution in [0, 0.1) is 11.8 Å². The molecule has 2 unspecified atom stereocenters. The SMILES string of the molecule is CCC(COC(=O)CCCC(=O)OCC(CC)C(C)=O)C(C)=O. The van der Waals surface area contributed by atoms with Crippen LogP contribution < -0.4 is 0 Å². The van der Waals surface area contributed by atoms with E-state index < -0.39 is 11.9 Å². The molecule has 0 aromatic carbocycles. The third-order valence-corrected chi connectivity index (χ3v) is 3.79. The Morgan fingerprint density at radius 3 is 1.35 bits per heavy atom. The van der Waals surface area contributed by atoms with Crippen LogP contribution in [0.2, 0.25) is 0 Å². The smallest absolute Gasteiger partial charge is 0.305 e. The number of hydrogen-bond donors (Lipinski definition) is 0. The van der Waals surface area contributed by atoms with Gasteiger partial charge in [0.15, 0.2) is 0 Å². The summed E-state index contributed by atoms with van der Waals surface area (Å²) in [5, 5.41) is 0. The third kappa shape index (κ3) is 9.81. The van der Waals surface area contributed by atoms with Crippen molar-refractivity contribution in [1.29, 1.82) is 0 Å². The van der Waals surface area contributed by atoms with E-state index in [1.54, 1.807) is 0 Å². The molecule has 0 saturated carbocycles. The Labute approximate surface area is 137 Å². The highest BCUT2D eigenvalue weighted by Crippen LogP contribution is 2.08. The van der Waals surface area contributed by atoms with Crippen molar-refractivity contribution in [3.05, 3.63) is 0 Å². The zero-order chi connectivity index (χ0) is 17.8. The van der Waals surface area contributed by atoms with Crippen molar-refractivity contribution in [3.8, 4) is 0 Å². The van der Waals surface area contributed by atoms with Gasteiger partial charge in [-0.3, -0.25) is 19.2 Å². The molecule has 2 atom stereocenters. The van der Waals surface area contributed by atoms with E-state index in [2.05, 4.69) is 0 Å². The molecular weight excluding hydrogens is 300 g/mol. The van der Waals surface area contributed by atoms with Gasteiger partial charge in [-0.2, -0.15) is 0 Å². The van der Waals surface area contributed by atoms with Gasteiger partial charge in [0.25, 0.3) is 0 Å². The average molecular weight is 328 g/mol. The number of esters is 2. The first-order valence-electron chi connectivity index (χ1n) is 8.13. The second kappa shape index (κ2) is 11.8. The average Bonchev–Trinajstić information content (AvgIpc) is 2.47. The second-order valence-electron chi connectivity index (χ2n) is 5.65. The maximum Gasteiger partial charge on any atom is 0.305 e. The van der Waals surface area contributed by atoms with Crippen LogP contribution in [0.3, 0.4) is 0 Å². The molecule has 0 aliphatic heterocycles. The molecule has 0 bridgehead atoms. The number of carbonyl (C=O) groups excluding carboxylic acids is 4. The highest BCUT2D eigenvalue weighted by Gasteiger charge is 2.16. The van der Waals surface area contributed by atoms with Gasteiger partial charge in [-0.15, -0.1) is 0 Å². The van der Waals surface area contributed by atoms with Gasteiger partial charge in [-0.1, -0.05) is 13.8 Å². The number of hydrogen-bond acceptors (Lipinski definition) is 6. The number of ketones is 2. The van der Waals surface area contributed by atoms with E-state index in [-0.39, 0.29) is 49.5 Å². The molecule has 0 aliphatic rings. The molecule has 0 fully saturated rings. The molecule has 132 valence electrons. The minimum atomic E-state index is -0.423. The third-order valence-electron chi connectivity index (χ3n) is 3.79. The van der Waals surface area contributed by atoms with Crippen molar-refractivity contribution < 1.29 is 28.7 Å².